The number of hydrogen-bond donors (Lipinski definition) is 1. The Balaban J connectivity index is 2.20. The zero-order valence-corrected chi connectivity index (χ0v) is 12.4. The smallest absolute Gasteiger partial charge is 0.145 e. The van der Waals surface area contributed by atoms with E-state index in [1.54, 1.807) is 11.3 Å². The van der Waals surface area contributed by atoms with Gasteiger partial charge in [0.15, 0.2) is 0 Å². The van der Waals surface area contributed by atoms with Gasteiger partial charge in [0, 0.05) is 11.4 Å². The average Bonchev–Trinajstić information content (AvgIpc) is 2.75. The Labute approximate surface area is 122 Å². The molecule has 0 amide bonds. The van der Waals surface area contributed by atoms with Gasteiger partial charge in [-0.3, -0.25) is 0 Å². The van der Waals surface area contributed by atoms with Gasteiger partial charge in [0.2, 0.25) is 0 Å². The highest BCUT2D eigenvalue weighted by molar-refractivity contribution is 9.11. The Morgan fingerprint density at radius 1 is 1.39 bits per heavy atom. The molecule has 18 heavy (non-hydrogen) atoms. The molecule has 0 radical (unpaired) electrons. The lowest BCUT2D eigenvalue weighted by Crippen LogP contribution is -2.17. The van der Waals surface area contributed by atoms with Gasteiger partial charge in [-0.1, -0.05) is 11.6 Å². The first-order valence-corrected chi connectivity index (χ1v) is 7.16. The second-order valence-electron chi connectivity index (χ2n) is 3.56. The first kappa shape index (κ1) is 13.8. The Morgan fingerprint density at radius 3 is 2.72 bits per heavy atom. The van der Waals surface area contributed by atoms with Crippen LogP contribution in [0.25, 0.3) is 0 Å². The monoisotopic (exact) mass is 349 g/mol. The summed E-state index contributed by atoms with van der Waals surface area (Å²) in [5.74, 6) is 0.0357. The quantitative estimate of drug-likeness (QED) is 0.888. The summed E-state index contributed by atoms with van der Waals surface area (Å²) in [4.78, 5) is 0.991. The third-order valence-corrected chi connectivity index (χ3v) is 4.30. The maximum atomic E-state index is 12.9. The van der Waals surface area contributed by atoms with Gasteiger partial charge in [-0.05, 0) is 46.3 Å². The minimum Gasteiger partial charge on any atom is -0.482 e. The van der Waals surface area contributed by atoms with Gasteiger partial charge < -0.3 is 10.5 Å². The molecule has 0 fully saturated rings. The zero-order chi connectivity index (χ0) is 13.1. The third-order valence-electron chi connectivity index (χ3n) is 2.29. The summed E-state index contributed by atoms with van der Waals surface area (Å²) in [6, 6.07) is 7.89. The minimum absolute atomic E-state index is 0.240. The van der Waals surface area contributed by atoms with Crippen LogP contribution >= 0.6 is 38.9 Å². The highest BCUT2D eigenvalue weighted by atomic mass is 79.9. The Kier molecular flexibility index (Phi) is 4.61. The maximum Gasteiger partial charge on any atom is 0.145 e. The number of ether oxygens (including phenoxy) is 1. The van der Waals surface area contributed by atoms with Crippen LogP contribution in [-0.2, 0) is 0 Å². The Hall–Kier alpha value is -0.620. The Morgan fingerprint density at radius 2 is 2.17 bits per heavy atom. The van der Waals surface area contributed by atoms with Crippen LogP contribution in [0.4, 0.5) is 4.39 Å². The van der Waals surface area contributed by atoms with Crippen molar-refractivity contribution in [2.45, 2.75) is 6.10 Å². The van der Waals surface area contributed by atoms with Crippen molar-refractivity contribution in [2.24, 2.45) is 5.73 Å². The minimum atomic E-state index is -0.393. The van der Waals surface area contributed by atoms with E-state index in [4.69, 9.17) is 22.1 Å². The summed E-state index contributed by atoms with van der Waals surface area (Å²) in [6.45, 7) is 0.320. The number of halogens is 3. The molecule has 0 aliphatic rings. The highest BCUT2D eigenvalue weighted by Gasteiger charge is 2.15. The van der Waals surface area contributed by atoms with Gasteiger partial charge in [-0.2, -0.15) is 0 Å². The molecule has 0 saturated heterocycles. The van der Waals surface area contributed by atoms with Gasteiger partial charge in [0.05, 0.1) is 8.81 Å². The van der Waals surface area contributed by atoms with E-state index >= 15 is 0 Å². The molecule has 2 nitrogen and oxygen atoms in total. The predicted molar refractivity (Wildman–Crippen MR) is 75.9 cm³/mol. The van der Waals surface area contributed by atoms with Crippen LogP contribution in [0.3, 0.4) is 0 Å². The van der Waals surface area contributed by atoms with E-state index < -0.39 is 5.82 Å². The molecule has 2 aromatic rings. The number of thiophene rings is 1. The summed E-state index contributed by atoms with van der Waals surface area (Å²) in [5.41, 5.74) is 5.69. The van der Waals surface area contributed by atoms with E-state index in [9.17, 15) is 4.39 Å². The molecule has 0 aliphatic heterocycles. The SMILES string of the molecule is NCC(Oc1ccc(F)cc1Cl)c1ccc(Br)s1. The molecule has 1 heterocycles. The lowest BCUT2D eigenvalue weighted by atomic mass is 10.3. The summed E-state index contributed by atoms with van der Waals surface area (Å²) < 4.78 is 19.6. The zero-order valence-electron chi connectivity index (χ0n) is 9.20. The molecule has 96 valence electrons. The van der Waals surface area contributed by atoms with Crippen molar-refractivity contribution < 1.29 is 9.13 Å². The van der Waals surface area contributed by atoms with Gasteiger partial charge in [-0.15, -0.1) is 11.3 Å². The molecule has 0 saturated carbocycles. The highest BCUT2D eigenvalue weighted by Crippen LogP contribution is 2.33. The molecule has 1 unspecified atom stereocenters. The molecule has 2 rings (SSSR count). The number of benzene rings is 1. The number of rotatable bonds is 4. The first-order valence-electron chi connectivity index (χ1n) is 5.17. The van der Waals surface area contributed by atoms with Crippen LogP contribution in [-0.4, -0.2) is 6.54 Å². The van der Waals surface area contributed by atoms with Crippen LogP contribution in [0, 0.1) is 5.82 Å². The van der Waals surface area contributed by atoms with Gasteiger partial charge in [0.1, 0.15) is 17.7 Å². The largest absolute Gasteiger partial charge is 0.482 e. The fourth-order valence-electron chi connectivity index (χ4n) is 1.45. The first-order chi connectivity index (χ1) is 8.60. The molecular formula is C12H10BrClFNOS. The lowest BCUT2D eigenvalue weighted by molar-refractivity contribution is 0.218. The summed E-state index contributed by atoms with van der Waals surface area (Å²) in [6.07, 6.45) is -0.288. The topological polar surface area (TPSA) is 35.2 Å². The normalized spacial score (nSPS) is 12.4. The molecule has 6 heteroatoms. The van der Waals surface area contributed by atoms with Crippen LogP contribution in [0.5, 0.6) is 5.75 Å². The van der Waals surface area contributed by atoms with E-state index in [1.807, 2.05) is 12.1 Å². The van der Waals surface area contributed by atoms with E-state index in [1.165, 1.54) is 18.2 Å². The van der Waals surface area contributed by atoms with Gasteiger partial charge >= 0.3 is 0 Å². The lowest BCUT2D eigenvalue weighted by Gasteiger charge is -2.16. The fraction of sp³-hybridized carbons (Fsp3) is 0.167. The summed E-state index contributed by atoms with van der Waals surface area (Å²) in [7, 11) is 0. The molecule has 0 aliphatic carbocycles. The van der Waals surface area contributed by atoms with Crippen molar-refractivity contribution in [3.05, 3.63) is 49.8 Å². The molecular weight excluding hydrogens is 341 g/mol. The average molecular weight is 351 g/mol. The van der Waals surface area contributed by atoms with E-state index in [0.717, 1.165) is 8.66 Å². The standard InChI is InChI=1S/C12H10BrClFNOS/c13-12-4-3-11(18-12)10(6-16)17-9-2-1-7(15)5-8(9)14/h1-5,10H,6,16H2. The van der Waals surface area contributed by atoms with Gasteiger partial charge in [-0.25, -0.2) is 4.39 Å². The second-order valence-corrected chi connectivity index (χ2v) is 6.46. The van der Waals surface area contributed by atoms with E-state index in [-0.39, 0.29) is 11.1 Å². The fourth-order valence-corrected chi connectivity index (χ4v) is 3.13. The van der Waals surface area contributed by atoms with Crippen molar-refractivity contribution in [1.29, 1.82) is 0 Å². The molecule has 1 aromatic carbocycles. The molecule has 1 atom stereocenters. The molecule has 0 spiro atoms. The number of hydrogen-bond acceptors (Lipinski definition) is 3. The van der Waals surface area contributed by atoms with E-state index in [0.29, 0.717) is 12.3 Å². The van der Waals surface area contributed by atoms with Crippen LogP contribution < -0.4 is 10.5 Å². The predicted octanol–water partition coefficient (Wildman–Crippen LogP) is 4.38. The van der Waals surface area contributed by atoms with Crippen molar-refractivity contribution in [2.75, 3.05) is 6.54 Å². The second kappa shape index (κ2) is 6.02. The van der Waals surface area contributed by atoms with Crippen molar-refractivity contribution >= 4 is 38.9 Å². The van der Waals surface area contributed by atoms with Crippen LogP contribution in [0.1, 0.15) is 11.0 Å². The van der Waals surface area contributed by atoms with Crippen LogP contribution in [0.15, 0.2) is 34.1 Å². The summed E-state index contributed by atoms with van der Waals surface area (Å²) >= 11 is 10.8. The van der Waals surface area contributed by atoms with Crippen LogP contribution in [0.2, 0.25) is 5.02 Å². The van der Waals surface area contributed by atoms with Gasteiger partial charge in [0.25, 0.3) is 0 Å². The molecule has 0 bridgehead atoms. The third kappa shape index (κ3) is 3.23. The van der Waals surface area contributed by atoms with Crippen molar-refractivity contribution in [1.82, 2.24) is 0 Å². The molecule has 1 aromatic heterocycles. The van der Waals surface area contributed by atoms with E-state index in [2.05, 4.69) is 15.9 Å². The maximum absolute atomic E-state index is 12.9. The van der Waals surface area contributed by atoms with Crippen molar-refractivity contribution in [3.63, 3.8) is 0 Å². The Bertz CT molecular complexity index is 549. The molecule has 2 N–H and O–H groups in total. The van der Waals surface area contributed by atoms with Crippen molar-refractivity contribution in [3.8, 4) is 5.75 Å². The summed E-state index contributed by atoms with van der Waals surface area (Å²) in [5, 5.41) is 0.240. The number of nitrogens with two attached hydrogens (primary N) is 1.